The van der Waals surface area contributed by atoms with Gasteiger partial charge in [0, 0.05) is 41.6 Å². The number of benzene rings is 1. The number of carbonyl (C=O) groups is 1. The Bertz CT molecular complexity index is 1540. The maximum Gasteiger partial charge on any atom is 0.259 e. The number of aromatic nitrogens is 3. The van der Waals surface area contributed by atoms with Gasteiger partial charge in [-0.25, -0.2) is 4.98 Å². The Morgan fingerprint density at radius 2 is 1.82 bits per heavy atom. The van der Waals surface area contributed by atoms with E-state index in [4.69, 9.17) is 14.7 Å². The second-order valence-corrected chi connectivity index (χ2v) is 8.95. The molecule has 4 heterocycles. The van der Waals surface area contributed by atoms with E-state index in [2.05, 4.69) is 16.0 Å². The summed E-state index contributed by atoms with van der Waals surface area (Å²) in [5.41, 5.74) is 0.978. The first-order valence-corrected chi connectivity index (χ1v) is 11.1. The molecule has 1 amide bonds. The molecule has 9 nitrogen and oxygen atoms in total. The molecule has 0 aliphatic carbocycles. The van der Waals surface area contributed by atoms with Crippen LogP contribution in [0.25, 0.3) is 32.7 Å². The summed E-state index contributed by atoms with van der Waals surface area (Å²) in [5.74, 6) is 0.432. The van der Waals surface area contributed by atoms with E-state index in [-0.39, 0.29) is 23.3 Å². The van der Waals surface area contributed by atoms with Crippen LogP contribution in [0.2, 0.25) is 0 Å². The quantitative estimate of drug-likeness (QED) is 0.459. The van der Waals surface area contributed by atoms with Gasteiger partial charge in [-0.15, -0.1) is 0 Å². The lowest BCUT2D eigenvalue weighted by atomic mass is 9.95. The minimum Gasteiger partial charge on any atom is -0.493 e. The summed E-state index contributed by atoms with van der Waals surface area (Å²) < 4.78 is 12.5. The van der Waals surface area contributed by atoms with E-state index in [1.54, 1.807) is 41.1 Å². The smallest absolute Gasteiger partial charge is 0.259 e. The largest absolute Gasteiger partial charge is 0.493 e. The zero-order valence-electron chi connectivity index (χ0n) is 19.5. The number of carbonyl (C=O) groups excluding carboxylic acids is 1. The molecule has 1 fully saturated rings. The number of fused-ring (bicyclic) bond motifs is 5. The van der Waals surface area contributed by atoms with Gasteiger partial charge in [-0.3, -0.25) is 14.2 Å². The lowest BCUT2D eigenvalue weighted by Crippen LogP contribution is -2.53. The van der Waals surface area contributed by atoms with E-state index in [1.165, 1.54) is 7.11 Å². The molecule has 0 saturated carbocycles. The van der Waals surface area contributed by atoms with Gasteiger partial charge < -0.3 is 19.4 Å². The van der Waals surface area contributed by atoms with Crippen LogP contribution in [0.4, 0.5) is 0 Å². The van der Waals surface area contributed by atoms with Gasteiger partial charge in [-0.05, 0) is 24.1 Å². The zero-order chi connectivity index (χ0) is 24.1. The highest BCUT2D eigenvalue weighted by Crippen LogP contribution is 2.37. The molecule has 1 saturated heterocycles. The first-order valence-electron chi connectivity index (χ1n) is 11.1. The maximum absolute atomic E-state index is 14.1. The molecular formula is C25H25N5O4. The van der Waals surface area contributed by atoms with Crippen LogP contribution < -0.4 is 15.0 Å². The molecule has 0 unspecified atom stereocenters. The van der Waals surface area contributed by atoms with Gasteiger partial charge in [0.15, 0.2) is 11.5 Å². The minimum absolute atomic E-state index is 0.162. The average molecular weight is 460 g/mol. The average Bonchev–Trinajstić information content (AvgIpc) is 3.28. The summed E-state index contributed by atoms with van der Waals surface area (Å²) >= 11 is 0. The second-order valence-electron chi connectivity index (χ2n) is 8.95. The van der Waals surface area contributed by atoms with Gasteiger partial charge >= 0.3 is 0 Å². The molecule has 1 aromatic carbocycles. The fraction of sp³-hybridized carbons (Fsp3) is 0.360. The highest BCUT2D eigenvalue weighted by molar-refractivity contribution is 6.14. The van der Waals surface area contributed by atoms with Crippen molar-refractivity contribution in [3.05, 3.63) is 40.9 Å². The van der Waals surface area contributed by atoms with Crippen molar-refractivity contribution in [2.24, 2.45) is 11.8 Å². The Balaban J connectivity index is 1.88. The van der Waals surface area contributed by atoms with Crippen LogP contribution in [0.1, 0.15) is 19.9 Å². The predicted octanol–water partition coefficient (Wildman–Crippen LogP) is 3.23. The molecule has 1 aliphatic rings. The SMILES string of the molecule is COc1cc2c(=O)n([C@@H](C(=O)N3CC(C#N)C3)C(C)C)c3c4cc[nH]c4ncc3c2cc1OC. The third-order valence-corrected chi connectivity index (χ3v) is 6.60. The predicted molar refractivity (Wildman–Crippen MR) is 128 cm³/mol. The van der Waals surface area contributed by atoms with E-state index < -0.39 is 6.04 Å². The van der Waals surface area contributed by atoms with Crippen LogP contribution in [-0.2, 0) is 4.79 Å². The molecule has 5 rings (SSSR count). The summed E-state index contributed by atoms with van der Waals surface area (Å²) in [6.45, 7) is 4.61. The van der Waals surface area contributed by atoms with Crippen LogP contribution in [0.15, 0.2) is 35.4 Å². The Labute approximate surface area is 195 Å². The number of hydrogen-bond acceptors (Lipinski definition) is 6. The molecule has 1 aliphatic heterocycles. The lowest BCUT2D eigenvalue weighted by molar-refractivity contribution is -0.141. The highest BCUT2D eigenvalue weighted by atomic mass is 16.5. The molecular weight excluding hydrogens is 434 g/mol. The van der Waals surface area contributed by atoms with Crippen molar-refractivity contribution in [2.75, 3.05) is 27.3 Å². The number of rotatable bonds is 5. The number of H-pyrrole nitrogens is 1. The summed E-state index contributed by atoms with van der Waals surface area (Å²) in [6.07, 6.45) is 3.49. The summed E-state index contributed by atoms with van der Waals surface area (Å²) in [7, 11) is 3.06. The van der Waals surface area contributed by atoms with Gasteiger partial charge in [-0.2, -0.15) is 5.26 Å². The van der Waals surface area contributed by atoms with Crippen molar-refractivity contribution < 1.29 is 14.3 Å². The van der Waals surface area contributed by atoms with Crippen LogP contribution in [0, 0.1) is 23.2 Å². The number of amides is 1. The molecule has 0 radical (unpaired) electrons. The number of methoxy groups -OCH3 is 2. The molecule has 34 heavy (non-hydrogen) atoms. The van der Waals surface area contributed by atoms with Crippen molar-refractivity contribution >= 4 is 38.6 Å². The lowest BCUT2D eigenvalue weighted by Gasteiger charge is -2.39. The Kier molecular flexibility index (Phi) is 5.16. The molecule has 174 valence electrons. The monoisotopic (exact) mass is 459 g/mol. The molecule has 0 bridgehead atoms. The maximum atomic E-state index is 14.1. The number of likely N-dealkylation sites (tertiary alicyclic amines) is 1. The number of pyridine rings is 2. The summed E-state index contributed by atoms with van der Waals surface area (Å²) in [5, 5.41) is 11.7. The third-order valence-electron chi connectivity index (χ3n) is 6.60. The fourth-order valence-corrected chi connectivity index (χ4v) is 4.85. The van der Waals surface area contributed by atoms with Crippen LogP contribution in [-0.4, -0.2) is 52.7 Å². The fourth-order valence-electron chi connectivity index (χ4n) is 4.85. The number of aromatic amines is 1. The first kappa shape index (κ1) is 21.8. The first-order chi connectivity index (χ1) is 16.4. The Hall–Kier alpha value is -4.06. The molecule has 1 atom stereocenters. The second kappa shape index (κ2) is 8.06. The normalized spacial score (nSPS) is 15.0. The zero-order valence-corrected chi connectivity index (χ0v) is 19.5. The number of nitrogens with one attached hydrogen (secondary N) is 1. The van der Waals surface area contributed by atoms with Crippen LogP contribution in [0.3, 0.4) is 0 Å². The van der Waals surface area contributed by atoms with Gasteiger partial charge in [0.1, 0.15) is 11.7 Å². The molecule has 4 aromatic rings. The van der Waals surface area contributed by atoms with E-state index in [1.807, 2.05) is 19.9 Å². The van der Waals surface area contributed by atoms with E-state index in [0.717, 1.165) is 10.8 Å². The van der Waals surface area contributed by atoms with E-state index >= 15 is 0 Å². The van der Waals surface area contributed by atoms with Crippen molar-refractivity contribution in [3.63, 3.8) is 0 Å². The Morgan fingerprint density at radius 1 is 1.15 bits per heavy atom. The number of nitriles is 1. The Morgan fingerprint density at radius 3 is 2.44 bits per heavy atom. The standard InChI is InChI=1S/C25H25N5O4/c1-13(2)21(25(32)29-11-14(9-26)12-29)30-22-15-5-6-27-23(15)28-10-18(22)16-7-19(33-3)20(34-4)8-17(16)24(30)31/h5-8,10,13-14,21H,11-12H2,1-4H3,(H,27,28)/t21-/m1/s1. The van der Waals surface area contributed by atoms with Crippen molar-refractivity contribution in [3.8, 4) is 17.6 Å². The van der Waals surface area contributed by atoms with Crippen LogP contribution >= 0.6 is 0 Å². The van der Waals surface area contributed by atoms with Crippen molar-refractivity contribution in [2.45, 2.75) is 19.9 Å². The number of hydrogen-bond donors (Lipinski definition) is 1. The van der Waals surface area contributed by atoms with Crippen LogP contribution in [0.5, 0.6) is 11.5 Å². The van der Waals surface area contributed by atoms with Gasteiger partial charge in [-0.1, -0.05) is 13.8 Å². The topological polar surface area (TPSA) is 113 Å². The van der Waals surface area contributed by atoms with Gasteiger partial charge in [0.05, 0.1) is 37.1 Å². The van der Waals surface area contributed by atoms with E-state index in [9.17, 15) is 9.59 Å². The number of ether oxygens (including phenoxy) is 2. The molecule has 0 spiro atoms. The molecule has 3 aromatic heterocycles. The van der Waals surface area contributed by atoms with Crippen molar-refractivity contribution in [1.29, 1.82) is 5.26 Å². The third kappa shape index (κ3) is 3.10. The van der Waals surface area contributed by atoms with Crippen molar-refractivity contribution in [1.82, 2.24) is 19.4 Å². The highest BCUT2D eigenvalue weighted by Gasteiger charge is 2.38. The van der Waals surface area contributed by atoms with Gasteiger partial charge in [0.2, 0.25) is 5.91 Å². The minimum atomic E-state index is -0.743. The number of nitrogens with zero attached hydrogens (tertiary/aromatic N) is 4. The van der Waals surface area contributed by atoms with Gasteiger partial charge in [0.25, 0.3) is 5.56 Å². The summed E-state index contributed by atoms with van der Waals surface area (Å²) in [4.78, 5) is 37.0. The molecule has 9 heteroatoms. The molecule has 1 N–H and O–H groups in total. The summed E-state index contributed by atoms with van der Waals surface area (Å²) in [6, 6.07) is 6.76. The van der Waals surface area contributed by atoms with E-state index in [0.29, 0.717) is 46.5 Å².